The second-order valence-corrected chi connectivity index (χ2v) is 4.68. The number of nitrogens with zero attached hydrogens (tertiary/aromatic N) is 2. The van der Waals surface area contributed by atoms with Crippen LogP contribution in [-0.2, 0) is 6.54 Å². The van der Waals surface area contributed by atoms with Gasteiger partial charge in [-0.05, 0) is 13.8 Å². The molecular weight excluding hydrogens is 230 g/mol. The van der Waals surface area contributed by atoms with Crippen LogP contribution in [0.15, 0.2) is 12.1 Å². The molecule has 0 radical (unpaired) electrons. The lowest BCUT2D eigenvalue weighted by atomic mass is 10.2. The monoisotopic (exact) mass is 247 g/mol. The predicted octanol–water partition coefficient (Wildman–Crippen LogP) is 1.85. The Morgan fingerprint density at radius 1 is 1.28 bits per heavy atom. The number of benzene rings is 1. The van der Waals surface area contributed by atoms with E-state index in [2.05, 4.69) is 23.4 Å². The quantitative estimate of drug-likeness (QED) is 0.879. The molecule has 1 aliphatic rings. The van der Waals surface area contributed by atoms with Gasteiger partial charge in [0.25, 0.3) is 0 Å². The summed E-state index contributed by atoms with van der Waals surface area (Å²) in [7, 11) is 0. The maximum Gasteiger partial charge on any atom is 0.163 e. The smallest absolute Gasteiger partial charge is 0.163 e. The Morgan fingerprint density at radius 2 is 1.94 bits per heavy atom. The molecule has 3 rings (SSSR count). The van der Waals surface area contributed by atoms with Gasteiger partial charge in [-0.2, -0.15) is 0 Å². The average Bonchev–Trinajstić information content (AvgIpc) is 2.73. The number of nitrogens with two attached hydrogens (primary N) is 1. The molecule has 0 unspecified atom stereocenters. The molecule has 5 nitrogen and oxygen atoms in total. The molecule has 0 saturated heterocycles. The van der Waals surface area contributed by atoms with Crippen molar-refractivity contribution in [1.82, 2.24) is 9.55 Å². The molecule has 0 bridgehead atoms. The Bertz CT molecular complexity index is 589. The van der Waals surface area contributed by atoms with Crippen molar-refractivity contribution in [2.24, 2.45) is 5.73 Å². The highest BCUT2D eigenvalue weighted by atomic mass is 16.6. The molecule has 0 spiro atoms. The number of imidazole rings is 1. The van der Waals surface area contributed by atoms with Crippen LogP contribution in [0.4, 0.5) is 0 Å². The molecule has 2 aromatic rings. The zero-order valence-electron chi connectivity index (χ0n) is 10.6. The van der Waals surface area contributed by atoms with Crippen LogP contribution in [0.1, 0.15) is 25.7 Å². The van der Waals surface area contributed by atoms with Crippen molar-refractivity contribution in [3.63, 3.8) is 0 Å². The van der Waals surface area contributed by atoms with E-state index < -0.39 is 0 Å². The van der Waals surface area contributed by atoms with E-state index in [1.165, 1.54) is 0 Å². The van der Waals surface area contributed by atoms with Crippen molar-refractivity contribution in [3.8, 4) is 11.5 Å². The Kier molecular flexibility index (Phi) is 2.63. The van der Waals surface area contributed by atoms with Gasteiger partial charge in [-0.25, -0.2) is 4.98 Å². The first-order chi connectivity index (χ1) is 8.70. The van der Waals surface area contributed by atoms with Crippen LogP contribution < -0.4 is 15.2 Å². The Hall–Kier alpha value is -1.75. The van der Waals surface area contributed by atoms with Gasteiger partial charge in [0.05, 0.1) is 17.6 Å². The van der Waals surface area contributed by atoms with E-state index in [1.54, 1.807) is 0 Å². The minimum absolute atomic E-state index is 0.316. The largest absolute Gasteiger partial charge is 0.486 e. The molecule has 0 fully saturated rings. The fourth-order valence-electron chi connectivity index (χ4n) is 2.40. The normalized spacial score (nSPS) is 14.4. The van der Waals surface area contributed by atoms with Gasteiger partial charge in [0.15, 0.2) is 11.5 Å². The number of hydrogen-bond acceptors (Lipinski definition) is 4. The number of rotatable bonds is 2. The minimum Gasteiger partial charge on any atom is -0.486 e. The summed E-state index contributed by atoms with van der Waals surface area (Å²) in [5.41, 5.74) is 7.72. The molecule has 96 valence electrons. The maximum absolute atomic E-state index is 5.76. The molecule has 1 aromatic carbocycles. The first kappa shape index (κ1) is 11.3. The molecule has 0 aliphatic carbocycles. The van der Waals surface area contributed by atoms with Crippen LogP contribution in [-0.4, -0.2) is 22.8 Å². The summed E-state index contributed by atoms with van der Waals surface area (Å²) in [6.45, 7) is 5.86. The minimum atomic E-state index is 0.316. The van der Waals surface area contributed by atoms with Crippen LogP contribution in [0.3, 0.4) is 0 Å². The van der Waals surface area contributed by atoms with E-state index in [-0.39, 0.29) is 0 Å². The van der Waals surface area contributed by atoms with Crippen LogP contribution in [0.2, 0.25) is 0 Å². The zero-order valence-corrected chi connectivity index (χ0v) is 10.6. The third kappa shape index (κ3) is 1.62. The summed E-state index contributed by atoms with van der Waals surface area (Å²) in [5.74, 6) is 2.45. The fraction of sp³-hybridized carbons (Fsp3) is 0.462. The van der Waals surface area contributed by atoms with Gasteiger partial charge in [-0.1, -0.05) is 0 Å². The van der Waals surface area contributed by atoms with Gasteiger partial charge < -0.3 is 19.8 Å². The Labute approximate surface area is 106 Å². The van der Waals surface area contributed by atoms with Crippen molar-refractivity contribution >= 4 is 11.0 Å². The maximum atomic E-state index is 5.76. The van der Waals surface area contributed by atoms with E-state index in [0.717, 1.165) is 28.4 Å². The molecule has 18 heavy (non-hydrogen) atoms. The molecule has 2 N–H and O–H groups in total. The van der Waals surface area contributed by atoms with E-state index in [1.807, 2.05) is 12.1 Å². The van der Waals surface area contributed by atoms with E-state index >= 15 is 0 Å². The van der Waals surface area contributed by atoms with Crippen molar-refractivity contribution in [2.75, 3.05) is 13.2 Å². The predicted molar refractivity (Wildman–Crippen MR) is 69.0 cm³/mol. The lowest BCUT2D eigenvalue weighted by molar-refractivity contribution is 0.172. The highest BCUT2D eigenvalue weighted by Crippen LogP contribution is 2.35. The summed E-state index contributed by atoms with van der Waals surface area (Å²) >= 11 is 0. The molecular formula is C13H17N3O2. The van der Waals surface area contributed by atoms with E-state index in [9.17, 15) is 0 Å². The number of aromatic nitrogens is 2. The second kappa shape index (κ2) is 4.17. The van der Waals surface area contributed by atoms with Gasteiger partial charge in [0, 0.05) is 18.2 Å². The SMILES string of the molecule is CC(C)n1c(CN)nc2cc3c(cc21)OCCO3. The summed E-state index contributed by atoms with van der Waals surface area (Å²) in [5, 5.41) is 0. The third-order valence-corrected chi connectivity index (χ3v) is 3.13. The van der Waals surface area contributed by atoms with Gasteiger partial charge in [0.2, 0.25) is 0 Å². The van der Waals surface area contributed by atoms with Crippen molar-refractivity contribution in [1.29, 1.82) is 0 Å². The molecule has 1 aromatic heterocycles. The van der Waals surface area contributed by atoms with Gasteiger partial charge >= 0.3 is 0 Å². The number of ether oxygens (including phenoxy) is 2. The van der Waals surface area contributed by atoms with Crippen molar-refractivity contribution < 1.29 is 9.47 Å². The van der Waals surface area contributed by atoms with Gasteiger partial charge in [-0.3, -0.25) is 0 Å². The summed E-state index contributed by atoms with van der Waals surface area (Å²) in [6, 6.07) is 4.24. The molecule has 1 aliphatic heterocycles. The Morgan fingerprint density at radius 3 is 2.56 bits per heavy atom. The van der Waals surface area contributed by atoms with Gasteiger partial charge in [-0.15, -0.1) is 0 Å². The van der Waals surface area contributed by atoms with Crippen LogP contribution in [0.25, 0.3) is 11.0 Å². The van der Waals surface area contributed by atoms with Crippen molar-refractivity contribution in [2.45, 2.75) is 26.4 Å². The molecule has 0 saturated carbocycles. The highest BCUT2D eigenvalue weighted by Gasteiger charge is 2.18. The lowest BCUT2D eigenvalue weighted by Crippen LogP contribution is -2.15. The molecule has 0 atom stereocenters. The highest BCUT2D eigenvalue weighted by molar-refractivity contribution is 5.81. The lowest BCUT2D eigenvalue weighted by Gasteiger charge is -2.19. The summed E-state index contributed by atoms with van der Waals surface area (Å²) in [4.78, 5) is 4.56. The summed E-state index contributed by atoms with van der Waals surface area (Å²) < 4.78 is 13.3. The van der Waals surface area contributed by atoms with Gasteiger partial charge in [0.1, 0.15) is 19.0 Å². The van der Waals surface area contributed by atoms with Crippen LogP contribution in [0.5, 0.6) is 11.5 Å². The standard InChI is InChI=1S/C13H17N3O2/c1-8(2)16-10-6-12-11(17-3-4-18-12)5-9(10)15-13(16)7-14/h5-6,8H,3-4,7,14H2,1-2H3. The van der Waals surface area contributed by atoms with Crippen molar-refractivity contribution in [3.05, 3.63) is 18.0 Å². The topological polar surface area (TPSA) is 62.3 Å². The first-order valence-electron chi connectivity index (χ1n) is 6.21. The number of hydrogen-bond donors (Lipinski definition) is 1. The van der Waals surface area contributed by atoms with Crippen LogP contribution in [0, 0.1) is 0 Å². The second-order valence-electron chi connectivity index (χ2n) is 4.68. The summed E-state index contributed by atoms with van der Waals surface area (Å²) in [6.07, 6.45) is 0. The fourth-order valence-corrected chi connectivity index (χ4v) is 2.40. The van der Waals surface area contributed by atoms with E-state index in [0.29, 0.717) is 25.8 Å². The first-order valence-corrected chi connectivity index (χ1v) is 6.21. The molecule has 5 heteroatoms. The zero-order chi connectivity index (χ0) is 12.7. The molecule has 0 amide bonds. The number of fused-ring (bicyclic) bond motifs is 2. The average molecular weight is 247 g/mol. The third-order valence-electron chi connectivity index (χ3n) is 3.13. The Balaban J connectivity index is 2.25. The van der Waals surface area contributed by atoms with Crippen LogP contribution >= 0.6 is 0 Å². The molecule has 2 heterocycles. The van der Waals surface area contributed by atoms with E-state index in [4.69, 9.17) is 15.2 Å².